The third-order valence-electron chi connectivity index (χ3n) is 4.90. The fraction of sp³-hybridized carbons (Fsp3) is 0.400. The van der Waals surface area contributed by atoms with Gasteiger partial charge in [-0.15, -0.1) is 5.10 Å². The number of carbonyl (C=O) groups excluding carboxylic acids is 1. The Morgan fingerprint density at radius 3 is 2.60 bits per heavy atom. The molecule has 0 radical (unpaired) electrons. The summed E-state index contributed by atoms with van der Waals surface area (Å²) in [6, 6.07) is 9.15. The molecule has 4 rings (SSSR count). The highest BCUT2D eigenvalue weighted by Gasteiger charge is 2.23. The van der Waals surface area contributed by atoms with E-state index in [0.29, 0.717) is 49.3 Å². The number of amides is 1. The molecule has 156 valence electrons. The number of hydrogen-bond donors (Lipinski definition) is 0. The van der Waals surface area contributed by atoms with Crippen molar-refractivity contribution in [2.24, 2.45) is 0 Å². The lowest BCUT2D eigenvalue weighted by Gasteiger charge is -2.34. The number of tetrazole rings is 1. The summed E-state index contributed by atoms with van der Waals surface area (Å²) in [7, 11) is 0. The maximum absolute atomic E-state index is 13.0. The van der Waals surface area contributed by atoms with Gasteiger partial charge in [0.25, 0.3) is 5.91 Å². The molecule has 3 heterocycles. The fourth-order valence-corrected chi connectivity index (χ4v) is 3.32. The van der Waals surface area contributed by atoms with E-state index >= 15 is 0 Å². The molecule has 30 heavy (non-hydrogen) atoms. The van der Waals surface area contributed by atoms with Crippen molar-refractivity contribution in [2.45, 2.75) is 26.5 Å². The highest BCUT2D eigenvalue weighted by Crippen LogP contribution is 2.18. The number of nitrogens with zero attached hydrogens (tertiary/aromatic N) is 8. The number of rotatable bonds is 6. The van der Waals surface area contributed by atoms with Crippen LogP contribution in [-0.2, 0) is 6.61 Å². The minimum Gasteiger partial charge on any atom is -0.486 e. The van der Waals surface area contributed by atoms with Crippen molar-refractivity contribution in [1.82, 2.24) is 35.1 Å². The average Bonchev–Trinajstić information content (AvgIpc) is 3.27. The van der Waals surface area contributed by atoms with Crippen LogP contribution in [0.1, 0.15) is 36.1 Å². The molecule has 0 spiro atoms. The van der Waals surface area contributed by atoms with E-state index in [9.17, 15) is 4.79 Å². The Balaban J connectivity index is 1.36. The van der Waals surface area contributed by atoms with Gasteiger partial charge < -0.3 is 14.5 Å². The second-order valence-electron chi connectivity index (χ2n) is 7.28. The first-order valence-corrected chi connectivity index (χ1v) is 9.92. The van der Waals surface area contributed by atoms with Gasteiger partial charge in [-0.3, -0.25) is 4.79 Å². The molecular formula is C20H24N8O2. The van der Waals surface area contributed by atoms with Gasteiger partial charge in [-0.05, 0) is 48.5 Å². The highest BCUT2D eigenvalue weighted by atomic mass is 16.5. The van der Waals surface area contributed by atoms with E-state index in [-0.39, 0.29) is 18.6 Å². The largest absolute Gasteiger partial charge is 0.486 e. The Kier molecular flexibility index (Phi) is 5.82. The third-order valence-corrected chi connectivity index (χ3v) is 4.90. The van der Waals surface area contributed by atoms with Crippen molar-refractivity contribution in [2.75, 3.05) is 31.1 Å². The van der Waals surface area contributed by atoms with Crippen molar-refractivity contribution in [3.63, 3.8) is 0 Å². The van der Waals surface area contributed by atoms with Crippen molar-refractivity contribution in [3.05, 3.63) is 54.1 Å². The van der Waals surface area contributed by atoms with Gasteiger partial charge >= 0.3 is 0 Å². The van der Waals surface area contributed by atoms with E-state index in [1.54, 1.807) is 35.3 Å². The van der Waals surface area contributed by atoms with E-state index in [0.717, 1.165) is 0 Å². The number of anilines is 1. The average molecular weight is 408 g/mol. The van der Waals surface area contributed by atoms with Crippen LogP contribution >= 0.6 is 0 Å². The van der Waals surface area contributed by atoms with E-state index in [4.69, 9.17) is 4.74 Å². The molecule has 0 saturated carbocycles. The van der Waals surface area contributed by atoms with Gasteiger partial charge in [-0.2, -0.15) is 0 Å². The summed E-state index contributed by atoms with van der Waals surface area (Å²) in [6.45, 7) is 6.87. The van der Waals surface area contributed by atoms with Crippen LogP contribution in [0.25, 0.3) is 0 Å². The summed E-state index contributed by atoms with van der Waals surface area (Å²) in [5.41, 5.74) is 0.598. The normalized spacial score (nSPS) is 14.2. The Hall–Kier alpha value is -3.56. The Labute approximate surface area is 174 Å². The SMILES string of the molecule is CC(C)n1nnnc1COc1cccc(C(=O)N2CCN(c3ncccn3)CC2)c1. The van der Waals surface area contributed by atoms with Gasteiger partial charge in [0.05, 0.1) is 6.04 Å². The van der Waals surface area contributed by atoms with Crippen molar-refractivity contribution in [3.8, 4) is 5.75 Å². The van der Waals surface area contributed by atoms with Crippen LogP contribution in [0.3, 0.4) is 0 Å². The summed E-state index contributed by atoms with van der Waals surface area (Å²) < 4.78 is 7.55. The number of aromatic nitrogens is 6. The predicted molar refractivity (Wildman–Crippen MR) is 109 cm³/mol. The zero-order chi connectivity index (χ0) is 20.9. The van der Waals surface area contributed by atoms with Crippen LogP contribution in [0.2, 0.25) is 0 Å². The molecule has 2 aromatic heterocycles. The zero-order valence-corrected chi connectivity index (χ0v) is 17.0. The quantitative estimate of drug-likeness (QED) is 0.606. The zero-order valence-electron chi connectivity index (χ0n) is 17.0. The summed E-state index contributed by atoms with van der Waals surface area (Å²) in [4.78, 5) is 25.4. The lowest BCUT2D eigenvalue weighted by molar-refractivity contribution is 0.0745. The molecule has 1 fully saturated rings. The van der Waals surface area contributed by atoms with Gasteiger partial charge in [0.2, 0.25) is 5.95 Å². The number of carbonyl (C=O) groups is 1. The molecule has 0 N–H and O–H groups in total. The minimum absolute atomic E-state index is 0.0129. The van der Waals surface area contributed by atoms with Crippen molar-refractivity contribution in [1.29, 1.82) is 0 Å². The molecule has 1 aliphatic rings. The topological polar surface area (TPSA) is 102 Å². The van der Waals surface area contributed by atoms with Crippen molar-refractivity contribution < 1.29 is 9.53 Å². The highest BCUT2D eigenvalue weighted by molar-refractivity contribution is 5.94. The second-order valence-corrected chi connectivity index (χ2v) is 7.28. The second kappa shape index (κ2) is 8.85. The van der Waals surface area contributed by atoms with Gasteiger partial charge in [-0.1, -0.05) is 6.07 Å². The first kappa shape index (κ1) is 19.7. The molecule has 1 saturated heterocycles. The molecule has 10 nitrogen and oxygen atoms in total. The molecule has 10 heteroatoms. The van der Waals surface area contributed by atoms with Crippen LogP contribution < -0.4 is 9.64 Å². The third kappa shape index (κ3) is 4.37. The summed E-state index contributed by atoms with van der Waals surface area (Å²) in [5, 5.41) is 11.7. The smallest absolute Gasteiger partial charge is 0.254 e. The Morgan fingerprint density at radius 2 is 1.87 bits per heavy atom. The maximum atomic E-state index is 13.0. The van der Waals surface area contributed by atoms with Gasteiger partial charge in [-0.25, -0.2) is 14.6 Å². The van der Waals surface area contributed by atoms with Crippen LogP contribution in [-0.4, -0.2) is 67.2 Å². The summed E-state index contributed by atoms with van der Waals surface area (Å²) in [6.07, 6.45) is 3.45. The molecule has 0 aliphatic carbocycles. The lowest BCUT2D eigenvalue weighted by atomic mass is 10.1. The van der Waals surface area contributed by atoms with Crippen molar-refractivity contribution >= 4 is 11.9 Å². The van der Waals surface area contributed by atoms with E-state index in [1.807, 2.05) is 30.9 Å². The molecule has 3 aromatic rings. The molecule has 1 amide bonds. The summed E-state index contributed by atoms with van der Waals surface area (Å²) >= 11 is 0. The molecular weight excluding hydrogens is 384 g/mol. The number of hydrogen-bond acceptors (Lipinski definition) is 8. The summed E-state index contributed by atoms with van der Waals surface area (Å²) in [5.74, 6) is 1.93. The van der Waals surface area contributed by atoms with Crippen LogP contribution in [0, 0.1) is 0 Å². The van der Waals surface area contributed by atoms with Gasteiger partial charge in [0, 0.05) is 44.1 Å². The standard InChI is InChI=1S/C20H24N8O2/c1-15(2)28-18(23-24-25-28)14-30-17-6-3-5-16(13-17)19(29)26-9-11-27(12-10-26)20-21-7-4-8-22-20/h3-8,13,15H,9-12,14H2,1-2H3. The van der Waals surface area contributed by atoms with E-state index in [2.05, 4.69) is 30.4 Å². The van der Waals surface area contributed by atoms with Gasteiger partial charge in [0.1, 0.15) is 12.4 Å². The first-order valence-electron chi connectivity index (χ1n) is 9.92. The molecule has 0 atom stereocenters. The van der Waals surface area contributed by atoms with Gasteiger partial charge in [0.15, 0.2) is 5.82 Å². The minimum atomic E-state index is -0.0129. The maximum Gasteiger partial charge on any atom is 0.254 e. The molecule has 1 aliphatic heterocycles. The van der Waals surface area contributed by atoms with E-state index in [1.165, 1.54) is 0 Å². The first-order chi connectivity index (χ1) is 14.6. The number of benzene rings is 1. The van der Waals surface area contributed by atoms with E-state index < -0.39 is 0 Å². The molecule has 1 aromatic carbocycles. The molecule has 0 unspecified atom stereocenters. The fourth-order valence-electron chi connectivity index (χ4n) is 3.32. The molecule has 0 bridgehead atoms. The van der Waals surface area contributed by atoms with Crippen LogP contribution in [0.5, 0.6) is 5.75 Å². The predicted octanol–water partition coefficient (Wildman–Crippen LogP) is 1.59. The Bertz CT molecular complexity index is 983. The number of piperazine rings is 1. The lowest BCUT2D eigenvalue weighted by Crippen LogP contribution is -2.49. The van der Waals surface area contributed by atoms with Crippen LogP contribution in [0.4, 0.5) is 5.95 Å². The van der Waals surface area contributed by atoms with Crippen LogP contribution in [0.15, 0.2) is 42.7 Å². The number of ether oxygens (including phenoxy) is 1. The Morgan fingerprint density at radius 1 is 1.10 bits per heavy atom. The monoisotopic (exact) mass is 408 g/mol.